The third-order valence-electron chi connectivity index (χ3n) is 4.74. The van der Waals surface area contributed by atoms with Crippen LogP contribution < -0.4 is 10.6 Å². The Kier molecular flexibility index (Phi) is 3.21. The third-order valence-corrected chi connectivity index (χ3v) is 4.74. The van der Waals surface area contributed by atoms with Crippen molar-refractivity contribution in [3.63, 3.8) is 0 Å². The first kappa shape index (κ1) is 12.8. The maximum atomic E-state index is 11.9. The van der Waals surface area contributed by atoms with Crippen LogP contribution in [0.3, 0.4) is 0 Å². The number of rotatable bonds is 3. The van der Waals surface area contributed by atoms with Crippen LogP contribution in [0.4, 0.5) is 0 Å². The predicted octanol–water partition coefficient (Wildman–Crippen LogP) is 0.916. The first-order valence-electron chi connectivity index (χ1n) is 6.47. The van der Waals surface area contributed by atoms with Gasteiger partial charge in [0, 0.05) is 19.1 Å². The summed E-state index contributed by atoms with van der Waals surface area (Å²) >= 11 is 0. The Labute approximate surface area is 103 Å². The van der Waals surface area contributed by atoms with E-state index in [1.54, 1.807) is 0 Å². The van der Waals surface area contributed by atoms with Gasteiger partial charge in [0.1, 0.15) is 0 Å². The van der Waals surface area contributed by atoms with Crippen molar-refractivity contribution in [1.29, 1.82) is 0 Å². The van der Waals surface area contributed by atoms with Crippen LogP contribution in [-0.4, -0.2) is 37.7 Å². The minimum atomic E-state index is 0.0359. The predicted molar refractivity (Wildman–Crippen MR) is 66.7 cm³/mol. The molecule has 1 unspecified atom stereocenters. The van der Waals surface area contributed by atoms with Gasteiger partial charge in [-0.25, -0.2) is 0 Å². The van der Waals surface area contributed by atoms with Crippen LogP contribution in [0.25, 0.3) is 0 Å². The molecule has 98 valence electrons. The van der Waals surface area contributed by atoms with Crippen LogP contribution in [0.15, 0.2) is 0 Å². The van der Waals surface area contributed by atoms with Crippen molar-refractivity contribution in [2.45, 2.75) is 46.3 Å². The van der Waals surface area contributed by atoms with Gasteiger partial charge in [0.25, 0.3) is 0 Å². The number of amides is 1. The molecular weight excluding hydrogens is 216 g/mol. The molecule has 2 N–H and O–H groups in total. The summed E-state index contributed by atoms with van der Waals surface area (Å²) in [6.07, 6.45) is 0.504. The summed E-state index contributed by atoms with van der Waals surface area (Å²) in [5, 5.41) is 6.37. The largest absolute Gasteiger partial charge is 0.375 e. The van der Waals surface area contributed by atoms with Gasteiger partial charge in [-0.15, -0.1) is 0 Å². The third kappa shape index (κ3) is 2.33. The maximum Gasteiger partial charge on any atom is 0.222 e. The van der Waals surface area contributed by atoms with Gasteiger partial charge in [-0.3, -0.25) is 4.79 Å². The molecule has 17 heavy (non-hydrogen) atoms. The molecule has 0 aromatic heterocycles. The van der Waals surface area contributed by atoms with Crippen LogP contribution in [0.2, 0.25) is 0 Å². The minimum absolute atomic E-state index is 0.0359. The Morgan fingerprint density at radius 3 is 2.47 bits per heavy atom. The lowest BCUT2D eigenvalue weighted by Gasteiger charge is -2.23. The van der Waals surface area contributed by atoms with Gasteiger partial charge in [-0.05, 0) is 10.8 Å². The number of hydrogen-bond donors (Lipinski definition) is 2. The Morgan fingerprint density at radius 1 is 1.35 bits per heavy atom. The highest BCUT2D eigenvalue weighted by molar-refractivity contribution is 5.77. The zero-order valence-corrected chi connectivity index (χ0v) is 11.3. The van der Waals surface area contributed by atoms with Crippen molar-refractivity contribution in [3.05, 3.63) is 0 Å². The van der Waals surface area contributed by atoms with E-state index in [4.69, 9.17) is 4.74 Å². The van der Waals surface area contributed by atoms with E-state index in [0.29, 0.717) is 19.1 Å². The van der Waals surface area contributed by atoms with Gasteiger partial charge in [0.05, 0.1) is 19.1 Å². The molecule has 0 spiro atoms. The lowest BCUT2D eigenvalue weighted by atomic mass is 10.0. The first-order valence-corrected chi connectivity index (χ1v) is 6.47. The molecule has 1 atom stereocenters. The fourth-order valence-corrected chi connectivity index (χ4v) is 2.73. The van der Waals surface area contributed by atoms with E-state index in [1.807, 2.05) is 0 Å². The van der Waals surface area contributed by atoms with Gasteiger partial charge >= 0.3 is 0 Å². The van der Waals surface area contributed by atoms with Crippen LogP contribution >= 0.6 is 0 Å². The SMILES string of the molecule is CC1(C)C(NC(=O)CC2CNCCO2)C1(C)C. The van der Waals surface area contributed by atoms with E-state index in [1.165, 1.54) is 0 Å². The fraction of sp³-hybridized carbons (Fsp3) is 0.923. The molecule has 1 aliphatic carbocycles. The molecule has 0 aromatic carbocycles. The maximum absolute atomic E-state index is 11.9. The van der Waals surface area contributed by atoms with E-state index >= 15 is 0 Å². The molecule has 1 saturated heterocycles. The molecular formula is C13H24N2O2. The number of carbonyl (C=O) groups excluding carboxylic acids is 1. The van der Waals surface area contributed by atoms with Crippen LogP contribution in [0.5, 0.6) is 0 Å². The van der Waals surface area contributed by atoms with Gasteiger partial charge in [-0.2, -0.15) is 0 Å². The molecule has 2 fully saturated rings. The highest BCUT2D eigenvalue weighted by atomic mass is 16.5. The van der Waals surface area contributed by atoms with Crippen LogP contribution in [-0.2, 0) is 9.53 Å². The first-order chi connectivity index (χ1) is 7.85. The molecule has 4 heteroatoms. The van der Waals surface area contributed by atoms with Gasteiger partial charge in [-0.1, -0.05) is 27.7 Å². The molecule has 2 aliphatic rings. The summed E-state index contributed by atoms with van der Waals surface area (Å²) in [5.74, 6) is 0.113. The van der Waals surface area contributed by atoms with Crippen molar-refractivity contribution in [2.75, 3.05) is 19.7 Å². The quantitative estimate of drug-likeness (QED) is 0.771. The minimum Gasteiger partial charge on any atom is -0.375 e. The Morgan fingerprint density at radius 2 is 2.00 bits per heavy atom. The number of ether oxygens (including phenoxy) is 1. The van der Waals surface area contributed by atoms with Crippen molar-refractivity contribution in [3.8, 4) is 0 Å². The average molecular weight is 240 g/mol. The van der Waals surface area contributed by atoms with Gasteiger partial charge < -0.3 is 15.4 Å². The standard InChI is InChI=1S/C13H24N2O2/c1-12(2)11(13(12,3)4)15-10(16)7-9-8-14-5-6-17-9/h9,11,14H,5-8H2,1-4H3,(H,15,16). The van der Waals surface area contributed by atoms with Crippen molar-refractivity contribution in [1.82, 2.24) is 10.6 Å². The van der Waals surface area contributed by atoms with Crippen molar-refractivity contribution >= 4 is 5.91 Å². The topological polar surface area (TPSA) is 50.4 Å². The zero-order chi connectivity index (χ0) is 12.7. The molecule has 1 aliphatic heterocycles. The Bertz CT molecular complexity index is 293. The molecule has 1 saturated carbocycles. The summed E-state index contributed by atoms with van der Waals surface area (Å²) in [7, 11) is 0. The second kappa shape index (κ2) is 4.25. The lowest BCUT2D eigenvalue weighted by Crippen LogP contribution is -2.42. The molecule has 1 amide bonds. The zero-order valence-electron chi connectivity index (χ0n) is 11.3. The average Bonchev–Trinajstić information content (AvgIpc) is 2.62. The molecule has 4 nitrogen and oxygen atoms in total. The summed E-state index contributed by atoms with van der Waals surface area (Å²) in [6, 6.07) is 0.291. The molecule has 2 rings (SSSR count). The summed E-state index contributed by atoms with van der Waals surface area (Å²) in [6.45, 7) is 11.2. The van der Waals surface area contributed by atoms with Gasteiger partial charge in [0.2, 0.25) is 5.91 Å². The van der Waals surface area contributed by atoms with E-state index in [9.17, 15) is 4.79 Å². The van der Waals surface area contributed by atoms with E-state index in [-0.39, 0.29) is 22.8 Å². The highest BCUT2D eigenvalue weighted by Gasteiger charge is 2.65. The van der Waals surface area contributed by atoms with E-state index in [0.717, 1.165) is 13.1 Å². The highest BCUT2D eigenvalue weighted by Crippen LogP contribution is 2.62. The second-order valence-electron chi connectivity index (χ2n) is 6.34. The Balaban J connectivity index is 1.79. The van der Waals surface area contributed by atoms with Crippen molar-refractivity contribution in [2.24, 2.45) is 10.8 Å². The molecule has 1 heterocycles. The summed E-state index contributed by atoms with van der Waals surface area (Å²) in [4.78, 5) is 11.9. The Hall–Kier alpha value is -0.610. The number of hydrogen-bond acceptors (Lipinski definition) is 3. The van der Waals surface area contributed by atoms with Crippen LogP contribution in [0.1, 0.15) is 34.1 Å². The van der Waals surface area contributed by atoms with Crippen molar-refractivity contribution < 1.29 is 9.53 Å². The van der Waals surface area contributed by atoms with Gasteiger partial charge in [0.15, 0.2) is 0 Å². The molecule has 0 bridgehead atoms. The number of nitrogens with one attached hydrogen (secondary N) is 2. The monoisotopic (exact) mass is 240 g/mol. The van der Waals surface area contributed by atoms with E-state index < -0.39 is 0 Å². The molecule has 0 aromatic rings. The number of morpholine rings is 1. The van der Waals surface area contributed by atoms with E-state index in [2.05, 4.69) is 38.3 Å². The smallest absolute Gasteiger partial charge is 0.222 e. The number of carbonyl (C=O) groups is 1. The van der Waals surface area contributed by atoms with Crippen LogP contribution in [0, 0.1) is 10.8 Å². The lowest BCUT2D eigenvalue weighted by molar-refractivity contribution is -0.124. The summed E-state index contributed by atoms with van der Waals surface area (Å²) < 4.78 is 5.53. The fourth-order valence-electron chi connectivity index (χ4n) is 2.73. The second-order valence-corrected chi connectivity index (χ2v) is 6.34. The molecule has 0 radical (unpaired) electrons. The summed E-state index contributed by atoms with van der Waals surface area (Å²) in [5.41, 5.74) is 0.405. The normalized spacial score (nSPS) is 30.9.